The highest BCUT2D eigenvalue weighted by Gasteiger charge is 2.33. The molecule has 0 radical (unpaired) electrons. The zero-order chi connectivity index (χ0) is 19.6. The molecule has 9 nitrogen and oxygen atoms in total. The second-order valence-electron chi connectivity index (χ2n) is 6.07. The molecular formula is C16H21N3O6S. The highest BCUT2D eigenvalue weighted by molar-refractivity contribution is 7.92. The molecule has 1 aromatic carbocycles. The van der Waals surface area contributed by atoms with Gasteiger partial charge in [0.1, 0.15) is 0 Å². The lowest BCUT2D eigenvalue weighted by Crippen LogP contribution is -2.43. The number of sulfonamides is 1. The summed E-state index contributed by atoms with van der Waals surface area (Å²) in [7, 11) is -2.06. The topological polar surface area (TPSA) is 122 Å². The zero-order valence-electron chi connectivity index (χ0n) is 14.9. The first kappa shape index (κ1) is 19.7. The van der Waals surface area contributed by atoms with Crippen molar-refractivity contribution >= 4 is 33.6 Å². The Bertz CT molecular complexity index is 852. The number of esters is 1. The Labute approximate surface area is 151 Å². The fraction of sp³-hybridized carbons (Fsp3) is 0.438. The van der Waals surface area contributed by atoms with E-state index in [0.29, 0.717) is 17.7 Å². The molecular weight excluding hydrogens is 362 g/mol. The summed E-state index contributed by atoms with van der Waals surface area (Å²) in [5, 5.41) is 4.24. The molecule has 2 atom stereocenters. The number of fused-ring (bicyclic) bond motifs is 1. The third-order valence-corrected chi connectivity index (χ3v) is 5.21. The molecule has 0 saturated heterocycles. The molecule has 0 fully saturated rings. The summed E-state index contributed by atoms with van der Waals surface area (Å²) in [6.07, 6.45) is 0.434. The van der Waals surface area contributed by atoms with Crippen LogP contribution < -0.4 is 14.9 Å². The fourth-order valence-electron chi connectivity index (χ4n) is 2.79. The van der Waals surface area contributed by atoms with Gasteiger partial charge >= 0.3 is 12.0 Å². The molecule has 142 valence electrons. The van der Waals surface area contributed by atoms with Crippen molar-refractivity contribution in [1.29, 1.82) is 0 Å². The van der Waals surface area contributed by atoms with E-state index in [4.69, 9.17) is 4.74 Å². The molecule has 1 aliphatic heterocycles. The molecule has 1 aliphatic rings. The Hall–Kier alpha value is -2.62. The Kier molecular flexibility index (Phi) is 5.55. The molecule has 3 amide bonds. The van der Waals surface area contributed by atoms with E-state index in [2.05, 4.69) is 5.32 Å². The van der Waals surface area contributed by atoms with Gasteiger partial charge in [-0.1, -0.05) is 0 Å². The van der Waals surface area contributed by atoms with E-state index in [1.165, 1.54) is 24.3 Å². The summed E-state index contributed by atoms with van der Waals surface area (Å²) < 4.78 is 30.2. The second kappa shape index (κ2) is 7.32. The lowest BCUT2D eigenvalue weighted by atomic mass is 10.1. The Morgan fingerprint density at radius 2 is 1.96 bits per heavy atom. The number of hydrogen-bond acceptors (Lipinski definition) is 6. The maximum absolute atomic E-state index is 12.2. The summed E-state index contributed by atoms with van der Waals surface area (Å²) in [5.41, 5.74) is 1.44. The van der Waals surface area contributed by atoms with Gasteiger partial charge in [0.15, 0.2) is 6.10 Å². The van der Waals surface area contributed by atoms with E-state index in [0.717, 1.165) is 6.26 Å². The van der Waals surface area contributed by atoms with Crippen LogP contribution in [0.3, 0.4) is 0 Å². The van der Waals surface area contributed by atoms with Crippen LogP contribution in [0.1, 0.15) is 29.8 Å². The number of carbonyl (C=O) groups is 3. The number of anilines is 1. The average molecular weight is 383 g/mol. The van der Waals surface area contributed by atoms with E-state index >= 15 is 0 Å². The van der Waals surface area contributed by atoms with Crippen molar-refractivity contribution < 1.29 is 27.5 Å². The van der Waals surface area contributed by atoms with Gasteiger partial charge in [0.2, 0.25) is 10.0 Å². The largest absolute Gasteiger partial charge is 0.449 e. The highest BCUT2D eigenvalue weighted by atomic mass is 32.2. The summed E-state index contributed by atoms with van der Waals surface area (Å²) in [4.78, 5) is 35.1. The van der Waals surface area contributed by atoms with E-state index in [1.807, 2.05) is 5.32 Å². The molecule has 26 heavy (non-hydrogen) atoms. The van der Waals surface area contributed by atoms with Crippen LogP contribution in [0.2, 0.25) is 0 Å². The number of urea groups is 1. The average Bonchev–Trinajstić information content (AvgIpc) is 2.89. The van der Waals surface area contributed by atoms with Gasteiger partial charge in [0, 0.05) is 13.1 Å². The van der Waals surface area contributed by atoms with Crippen LogP contribution in [0.5, 0.6) is 0 Å². The number of hydrogen-bond donors (Lipinski definition) is 2. The molecule has 2 rings (SSSR count). The number of nitrogens with one attached hydrogen (secondary N) is 2. The summed E-state index contributed by atoms with van der Waals surface area (Å²) in [6.45, 7) is 3.13. The molecule has 10 heteroatoms. The molecule has 0 saturated carbocycles. The van der Waals surface area contributed by atoms with Crippen LogP contribution in [0.25, 0.3) is 0 Å². The maximum atomic E-state index is 12.2. The van der Waals surface area contributed by atoms with Crippen LogP contribution in [-0.2, 0) is 26.0 Å². The second-order valence-corrected chi connectivity index (χ2v) is 7.93. The lowest BCUT2D eigenvalue weighted by Gasteiger charge is -2.22. The van der Waals surface area contributed by atoms with Crippen molar-refractivity contribution in [3.8, 4) is 0 Å². The van der Waals surface area contributed by atoms with Gasteiger partial charge in [0.25, 0.3) is 5.91 Å². The van der Waals surface area contributed by atoms with Crippen molar-refractivity contribution in [2.75, 3.05) is 17.6 Å². The third-order valence-electron chi connectivity index (χ3n) is 3.94. The predicted octanol–water partition coefficient (Wildman–Crippen LogP) is 0.398. The molecule has 1 heterocycles. The summed E-state index contributed by atoms with van der Waals surface area (Å²) in [5.74, 6) is -1.49. The molecule has 0 aliphatic carbocycles. The minimum atomic E-state index is -3.42. The lowest BCUT2D eigenvalue weighted by molar-refractivity contribution is -0.127. The van der Waals surface area contributed by atoms with Gasteiger partial charge in [-0.3, -0.25) is 14.4 Å². The molecule has 0 aromatic heterocycles. The number of benzene rings is 1. The van der Waals surface area contributed by atoms with E-state index in [1.54, 1.807) is 19.1 Å². The van der Waals surface area contributed by atoms with Gasteiger partial charge in [-0.15, -0.1) is 0 Å². The first-order chi connectivity index (χ1) is 12.0. The third kappa shape index (κ3) is 4.13. The number of rotatable bonds is 4. The van der Waals surface area contributed by atoms with Gasteiger partial charge in [-0.25, -0.2) is 18.0 Å². The number of nitrogens with zero attached hydrogens (tertiary/aromatic N) is 1. The van der Waals surface area contributed by atoms with E-state index in [9.17, 15) is 22.8 Å². The molecule has 0 unspecified atom stereocenters. The van der Waals surface area contributed by atoms with Gasteiger partial charge in [-0.05, 0) is 44.0 Å². The summed E-state index contributed by atoms with van der Waals surface area (Å²) >= 11 is 0. The molecule has 0 bridgehead atoms. The SMILES string of the molecule is CNC(=O)NC(=O)[C@H](C)OC(=O)c1ccc2c(c1)C[C@H](C)N2S(C)(=O)=O. The smallest absolute Gasteiger partial charge is 0.338 e. The van der Waals surface area contributed by atoms with E-state index in [-0.39, 0.29) is 11.6 Å². The van der Waals surface area contributed by atoms with Gasteiger partial charge in [-0.2, -0.15) is 0 Å². The minimum Gasteiger partial charge on any atom is -0.449 e. The molecule has 1 aromatic rings. The zero-order valence-corrected chi connectivity index (χ0v) is 15.7. The van der Waals surface area contributed by atoms with Crippen molar-refractivity contribution in [3.63, 3.8) is 0 Å². The van der Waals surface area contributed by atoms with Crippen molar-refractivity contribution in [3.05, 3.63) is 29.3 Å². The van der Waals surface area contributed by atoms with Crippen LogP contribution >= 0.6 is 0 Å². The Morgan fingerprint density at radius 1 is 1.31 bits per heavy atom. The number of ether oxygens (including phenoxy) is 1. The van der Waals surface area contributed by atoms with Crippen molar-refractivity contribution in [2.45, 2.75) is 32.4 Å². The maximum Gasteiger partial charge on any atom is 0.338 e. The first-order valence-electron chi connectivity index (χ1n) is 7.90. The van der Waals surface area contributed by atoms with Gasteiger partial charge in [0.05, 0.1) is 17.5 Å². The van der Waals surface area contributed by atoms with Crippen molar-refractivity contribution in [1.82, 2.24) is 10.6 Å². The quantitative estimate of drug-likeness (QED) is 0.726. The van der Waals surface area contributed by atoms with E-state index < -0.39 is 34.0 Å². The Morgan fingerprint density at radius 3 is 2.54 bits per heavy atom. The Balaban J connectivity index is 2.14. The predicted molar refractivity (Wildman–Crippen MR) is 94.4 cm³/mol. The minimum absolute atomic E-state index is 0.200. The highest BCUT2D eigenvalue weighted by Crippen LogP contribution is 2.34. The molecule has 0 spiro atoms. The van der Waals surface area contributed by atoms with Crippen molar-refractivity contribution in [2.24, 2.45) is 0 Å². The van der Waals surface area contributed by atoms with Crippen LogP contribution in [0, 0.1) is 0 Å². The standard InChI is InChI=1S/C16H21N3O6S/c1-9-7-12-8-11(5-6-13(12)19(9)26(4,23)24)15(21)25-10(2)14(20)18-16(22)17-3/h5-6,8-10H,7H2,1-4H3,(H2,17,18,20,22)/t9-,10-/m0/s1. The van der Waals surface area contributed by atoms with Crippen LogP contribution in [-0.4, -0.2) is 51.8 Å². The number of amides is 3. The first-order valence-corrected chi connectivity index (χ1v) is 9.75. The molecule has 2 N–H and O–H groups in total. The van der Waals surface area contributed by atoms with Crippen LogP contribution in [0.4, 0.5) is 10.5 Å². The number of imide groups is 1. The monoisotopic (exact) mass is 383 g/mol. The summed E-state index contributed by atoms with van der Waals surface area (Å²) in [6, 6.07) is 3.60. The van der Waals surface area contributed by atoms with Crippen LogP contribution in [0.15, 0.2) is 18.2 Å². The van der Waals surface area contributed by atoms with Gasteiger partial charge < -0.3 is 10.1 Å². The number of carbonyl (C=O) groups excluding carboxylic acids is 3. The fourth-order valence-corrected chi connectivity index (χ4v) is 4.06. The normalized spacial score (nSPS) is 17.2.